The van der Waals surface area contributed by atoms with Gasteiger partial charge in [-0.2, -0.15) is 0 Å². The summed E-state index contributed by atoms with van der Waals surface area (Å²) in [5, 5.41) is 14.0. The van der Waals surface area contributed by atoms with Crippen LogP contribution in [0.4, 0.5) is 23.7 Å². The molecule has 11 heteroatoms. The number of nitrogens with zero attached hydrogens (tertiary/aromatic N) is 1. The Morgan fingerprint density at radius 1 is 1.00 bits per heavy atom. The minimum atomic E-state index is -4.80. The van der Waals surface area contributed by atoms with Crippen molar-refractivity contribution < 1.29 is 37.4 Å². The SMILES string of the molecule is CC1CCC(N(Cc2ccc(C(=O)NCCC(=O)O)cc2)C(=O)Nc2ccc(OC(F)(F)F)cc2)CC1C. The van der Waals surface area contributed by atoms with Gasteiger partial charge in [-0.05, 0) is 73.1 Å². The predicted molar refractivity (Wildman–Crippen MR) is 135 cm³/mol. The van der Waals surface area contributed by atoms with Crippen LogP contribution in [0.2, 0.25) is 0 Å². The highest BCUT2D eigenvalue weighted by Gasteiger charge is 2.32. The molecule has 1 aliphatic carbocycles. The highest BCUT2D eigenvalue weighted by atomic mass is 19.4. The summed E-state index contributed by atoms with van der Waals surface area (Å²) in [6.45, 7) is 4.64. The molecular weight excluding hydrogens is 503 g/mol. The Hall–Kier alpha value is -3.76. The zero-order valence-corrected chi connectivity index (χ0v) is 21.3. The Kier molecular flexibility index (Phi) is 9.60. The zero-order valence-electron chi connectivity index (χ0n) is 21.3. The van der Waals surface area contributed by atoms with E-state index in [9.17, 15) is 27.6 Å². The number of hydrogen-bond acceptors (Lipinski definition) is 4. The maximum absolute atomic E-state index is 13.4. The number of nitrogens with one attached hydrogen (secondary N) is 2. The fourth-order valence-corrected chi connectivity index (χ4v) is 4.45. The number of carboxylic acid groups (broad SMARTS) is 1. The Balaban J connectivity index is 1.71. The number of amides is 3. The van der Waals surface area contributed by atoms with Crippen molar-refractivity contribution in [2.45, 2.75) is 58.5 Å². The van der Waals surface area contributed by atoms with Crippen LogP contribution in [-0.2, 0) is 11.3 Å². The first-order chi connectivity index (χ1) is 17.9. The number of carbonyl (C=O) groups excluding carboxylic acids is 2. The summed E-state index contributed by atoms with van der Waals surface area (Å²) in [4.78, 5) is 38.0. The summed E-state index contributed by atoms with van der Waals surface area (Å²) in [6, 6.07) is 11.3. The summed E-state index contributed by atoms with van der Waals surface area (Å²) in [5.74, 6) is -0.818. The smallest absolute Gasteiger partial charge is 0.481 e. The molecule has 2 aromatic rings. The molecule has 0 spiro atoms. The van der Waals surface area contributed by atoms with Gasteiger partial charge in [0.05, 0.1) is 6.42 Å². The molecule has 206 valence electrons. The number of alkyl halides is 3. The summed E-state index contributed by atoms with van der Waals surface area (Å²) in [7, 11) is 0. The van der Waals surface area contributed by atoms with Gasteiger partial charge in [-0.3, -0.25) is 9.59 Å². The minimum absolute atomic E-state index is 0.0193. The molecule has 0 saturated heterocycles. The lowest BCUT2D eigenvalue weighted by atomic mass is 9.78. The van der Waals surface area contributed by atoms with E-state index in [1.807, 2.05) is 0 Å². The van der Waals surface area contributed by atoms with Gasteiger partial charge in [0, 0.05) is 30.4 Å². The molecule has 38 heavy (non-hydrogen) atoms. The molecule has 3 unspecified atom stereocenters. The molecule has 3 rings (SSSR count). The Labute approximate surface area is 219 Å². The summed E-state index contributed by atoms with van der Waals surface area (Å²) in [5.41, 5.74) is 1.50. The van der Waals surface area contributed by atoms with Gasteiger partial charge in [0.15, 0.2) is 0 Å². The molecule has 0 bridgehead atoms. The van der Waals surface area contributed by atoms with Crippen LogP contribution >= 0.6 is 0 Å². The molecule has 1 saturated carbocycles. The van der Waals surface area contributed by atoms with Gasteiger partial charge in [0.25, 0.3) is 5.91 Å². The summed E-state index contributed by atoms with van der Waals surface area (Å²) >= 11 is 0. The van der Waals surface area contributed by atoms with Crippen molar-refractivity contribution in [2.75, 3.05) is 11.9 Å². The number of urea groups is 1. The second kappa shape index (κ2) is 12.7. The highest BCUT2D eigenvalue weighted by molar-refractivity contribution is 5.94. The van der Waals surface area contributed by atoms with Gasteiger partial charge in [-0.1, -0.05) is 26.0 Å². The van der Waals surface area contributed by atoms with E-state index in [0.717, 1.165) is 37.0 Å². The normalized spacial score (nSPS) is 19.3. The summed E-state index contributed by atoms with van der Waals surface area (Å²) in [6.07, 6.45) is -2.37. The number of hydrogen-bond donors (Lipinski definition) is 3. The van der Waals surface area contributed by atoms with Gasteiger partial charge in [0.2, 0.25) is 0 Å². The van der Waals surface area contributed by atoms with Crippen LogP contribution < -0.4 is 15.4 Å². The molecule has 0 aliphatic heterocycles. The first-order valence-corrected chi connectivity index (χ1v) is 12.4. The first-order valence-electron chi connectivity index (χ1n) is 12.4. The lowest BCUT2D eigenvalue weighted by Gasteiger charge is -2.39. The lowest BCUT2D eigenvalue weighted by molar-refractivity contribution is -0.274. The minimum Gasteiger partial charge on any atom is -0.481 e. The highest BCUT2D eigenvalue weighted by Crippen LogP contribution is 2.33. The van der Waals surface area contributed by atoms with Crippen molar-refractivity contribution in [1.82, 2.24) is 10.2 Å². The molecule has 3 atom stereocenters. The topological polar surface area (TPSA) is 108 Å². The standard InChI is InChI=1S/C27H32F3N3O5/c1-17-3-10-22(15-18(17)2)33(26(37)32-21-8-11-23(12-9-21)38-27(28,29)30)16-19-4-6-20(7-5-19)25(36)31-14-13-24(34)35/h4-9,11-12,17-18,22H,3,10,13-16H2,1-2H3,(H,31,36)(H,32,37)(H,34,35). The number of aliphatic carboxylic acids is 1. The van der Waals surface area contributed by atoms with Crippen LogP contribution in [0.3, 0.4) is 0 Å². The van der Waals surface area contributed by atoms with E-state index in [4.69, 9.17) is 5.11 Å². The largest absolute Gasteiger partial charge is 0.573 e. The number of ether oxygens (including phenoxy) is 1. The van der Waals surface area contributed by atoms with E-state index in [0.29, 0.717) is 23.1 Å². The lowest BCUT2D eigenvalue weighted by Crippen LogP contribution is -2.45. The molecule has 0 aromatic heterocycles. The molecule has 0 heterocycles. The van der Waals surface area contributed by atoms with E-state index >= 15 is 0 Å². The van der Waals surface area contributed by atoms with Crippen LogP contribution in [0.5, 0.6) is 5.75 Å². The van der Waals surface area contributed by atoms with Crippen LogP contribution in [-0.4, -0.2) is 46.9 Å². The van der Waals surface area contributed by atoms with E-state index in [2.05, 4.69) is 29.2 Å². The number of halogens is 3. The third-order valence-electron chi connectivity index (χ3n) is 6.80. The van der Waals surface area contributed by atoms with Crippen molar-refractivity contribution in [2.24, 2.45) is 11.8 Å². The second-order valence-electron chi connectivity index (χ2n) is 9.65. The second-order valence-corrected chi connectivity index (χ2v) is 9.65. The van der Waals surface area contributed by atoms with Crippen LogP contribution in [0.1, 0.15) is 55.5 Å². The van der Waals surface area contributed by atoms with E-state index in [1.54, 1.807) is 29.2 Å². The van der Waals surface area contributed by atoms with Gasteiger partial charge in [0.1, 0.15) is 5.75 Å². The molecule has 8 nitrogen and oxygen atoms in total. The number of carbonyl (C=O) groups is 3. The summed E-state index contributed by atoms with van der Waals surface area (Å²) < 4.78 is 41.2. The third-order valence-corrected chi connectivity index (χ3v) is 6.80. The maximum atomic E-state index is 13.4. The quantitative estimate of drug-likeness (QED) is 0.385. The van der Waals surface area contributed by atoms with Crippen LogP contribution in [0, 0.1) is 11.8 Å². The molecule has 3 amide bonds. The van der Waals surface area contributed by atoms with Gasteiger partial charge in [-0.25, -0.2) is 4.79 Å². The average Bonchev–Trinajstić information content (AvgIpc) is 2.84. The van der Waals surface area contributed by atoms with E-state index < -0.39 is 12.3 Å². The number of benzene rings is 2. The third kappa shape index (κ3) is 8.67. The number of rotatable bonds is 9. The number of carboxylic acids is 1. The monoisotopic (exact) mass is 535 g/mol. The Morgan fingerprint density at radius 3 is 2.24 bits per heavy atom. The predicted octanol–water partition coefficient (Wildman–Crippen LogP) is 5.65. The Morgan fingerprint density at radius 2 is 1.66 bits per heavy atom. The van der Waals surface area contributed by atoms with Crippen molar-refractivity contribution in [3.05, 3.63) is 59.7 Å². The van der Waals surface area contributed by atoms with E-state index in [-0.39, 0.29) is 43.2 Å². The van der Waals surface area contributed by atoms with Gasteiger partial charge < -0.3 is 25.4 Å². The van der Waals surface area contributed by atoms with Crippen molar-refractivity contribution in [3.8, 4) is 5.75 Å². The molecule has 3 N–H and O–H groups in total. The number of anilines is 1. The molecular formula is C27H32F3N3O5. The van der Waals surface area contributed by atoms with Crippen LogP contribution in [0.25, 0.3) is 0 Å². The fraction of sp³-hybridized carbons (Fsp3) is 0.444. The van der Waals surface area contributed by atoms with Crippen molar-refractivity contribution >= 4 is 23.6 Å². The first kappa shape index (κ1) is 28.8. The molecule has 2 aromatic carbocycles. The molecule has 1 fully saturated rings. The maximum Gasteiger partial charge on any atom is 0.573 e. The van der Waals surface area contributed by atoms with Crippen LogP contribution in [0.15, 0.2) is 48.5 Å². The van der Waals surface area contributed by atoms with Gasteiger partial charge >= 0.3 is 18.4 Å². The zero-order chi connectivity index (χ0) is 27.9. The molecule has 0 radical (unpaired) electrons. The van der Waals surface area contributed by atoms with Crippen molar-refractivity contribution in [3.63, 3.8) is 0 Å². The Bertz CT molecular complexity index is 1110. The van der Waals surface area contributed by atoms with Gasteiger partial charge in [-0.15, -0.1) is 13.2 Å². The fourth-order valence-electron chi connectivity index (χ4n) is 4.45. The molecule has 1 aliphatic rings. The van der Waals surface area contributed by atoms with Crippen molar-refractivity contribution in [1.29, 1.82) is 0 Å². The average molecular weight is 536 g/mol. The van der Waals surface area contributed by atoms with E-state index in [1.165, 1.54) is 12.1 Å².